The van der Waals surface area contributed by atoms with E-state index in [4.69, 9.17) is 17.5 Å². The summed E-state index contributed by atoms with van der Waals surface area (Å²) in [7, 11) is 0. The molecule has 0 radical (unpaired) electrons. The summed E-state index contributed by atoms with van der Waals surface area (Å²) < 4.78 is 0. The predicted octanol–water partition coefficient (Wildman–Crippen LogP) is 2.45. The number of benzene rings is 1. The summed E-state index contributed by atoms with van der Waals surface area (Å²) in [4.78, 5) is 0. The van der Waals surface area contributed by atoms with Gasteiger partial charge in [0.05, 0.1) is 12.5 Å². The highest BCUT2D eigenvalue weighted by Gasteiger charge is 1.99. The van der Waals surface area contributed by atoms with Crippen LogP contribution >= 0.6 is 12.2 Å². The molecule has 0 unspecified atom stereocenters. The van der Waals surface area contributed by atoms with Gasteiger partial charge in [0.2, 0.25) is 0 Å². The molecule has 4 heteroatoms. The van der Waals surface area contributed by atoms with Crippen LogP contribution in [0.3, 0.4) is 0 Å². The van der Waals surface area contributed by atoms with Crippen molar-refractivity contribution in [2.24, 2.45) is 0 Å². The van der Waals surface area contributed by atoms with Gasteiger partial charge in [-0.3, -0.25) is 0 Å². The number of hydrogen-bond acceptors (Lipinski definition) is 2. The maximum atomic E-state index is 8.54. The Balaban J connectivity index is 2.55. The lowest BCUT2D eigenvalue weighted by Gasteiger charge is -2.13. The molecule has 0 fully saturated rings. The topological polar surface area (TPSA) is 47.8 Å². The van der Waals surface area contributed by atoms with E-state index in [1.54, 1.807) is 0 Å². The molecule has 0 saturated heterocycles. The van der Waals surface area contributed by atoms with Crippen LogP contribution in [-0.4, -0.2) is 11.2 Å². The highest BCUT2D eigenvalue weighted by Crippen LogP contribution is 2.09. The van der Waals surface area contributed by atoms with Crippen LogP contribution in [0.1, 0.15) is 19.4 Å². The van der Waals surface area contributed by atoms with Gasteiger partial charge in [0.1, 0.15) is 0 Å². The first kappa shape index (κ1) is 12.5. The van der Waals surface area contributed by atoms with Crippen LogP contribution < -0.4 is 10.6 Å². The summed E-state index contributed by atoms with van der Waals surface area (Å²) in [6, 6.07) is 10.1. The Morgan fingerprint density at radius 1 is 1.38 bits per heavy atom. The lowest BCUT2D eigenvalue weighted by molar-refractivity contribution is 0.739. The summed E-state index contributed by atoms with van der Waals surface area (Å²) >= 11 is 5.12. The van der Waals surface area contributed by atoms with E-state index in [-0.39, 0.29) is 0 Å². The fourth-order valence-electron chi connectivity index (χ4n) is 1.23. The van der Waals surface area contributed by atoms with Crippen molar-refractivity contribution in [2.45, 2.75) is 26.3 Å². The van der Waals surface area contributed by atoms with Gasteiger partial charge >= 0.3 is 0 Å². The number of nitrogens with one attached hydrogen (secondary N) is 2. The molecule has 84 valence electrons. The molecule has 1 aromatic rings. The van der Waals surface area contributed by atoms with E-state index in [0.717, 1.165) is 11.3 Å². The molecule has 3 nitrogen and oxygen atoms in total. The molecule has 0 bridgehead atoms. The fourth-order valence-corrected chi connectivity index (χ4v) is 1.58. The third kappa shape index (κ3) is 4.28. The van der Waals surface area contributed by atoms with Crippen LogP contribution in [0.15, 0.2) is 24.3 Å². The minimum absolute atomic E-state index is 0.317. The first-order valence-electron chi connectivity index (χ1n) is 5.15. The highest BCUT2D eigenvalue weighted by atomic mass is 32.1. The van der Waals surface area contributed by atoms with Gasteiger partial charge in [0, 0.05) is 11.7 Å². The van der Waals surface area contributed by atoms with Crippen molar-refractivity contribution in [2.75, 3.05) is 5.32 Å². The van der Waals surface area contributed by atoms with Crippen molar-refractivity contribution in [3.63, 3.8) is 0 Å². The Hall–Kier alpha value is -1.60. The maximum Gasteiger partial charge on any atom is 0.170 e. The van der Waals surface area contributed by atoms with Crippen molar-refractivity contribution in [1.29, 1.82) is 5.26 Å². The van der Waals surface area contributed by atoms with Crippen molar-refractivity contribution in [3.05, 3.63) is 29.8 Å². The van der Waals surface area contributed by atoms with Gasteiger partial charge in [0.25, 0.3) is 0 Å². The highest BCUT2D eigenvalue weighted by molar-refractivity contribution is 7.80. The van der Waals surface area contributed by atoms with Crippen LogP contribution in [0, 0.1) is 11.3 Å². The van der Waals surface area contributed by atoms with Gasteiger partial charge in [-0.2, -0.15) is 5.26 Å². The second kappa shape index (κ2) is 6.09. The molecular weight excluding hydrogens is 218 g/mol. The third-order valence-corrected chi connectivity index (χ3v) is 2.13. The van der Waals surface area contributed by atoms with Crippen LogP contribution in [-0.2, 0) is 6.42 Å². The maximum absolute atomic E-state index is 8.54. The van der Waals surface area contributed by atoms with Gasteiger partial charge in [-0.1, -0.05) is 12.1 Å². The Kier molecular flexibility index (Phi) is 4.74. The van der Waals surface area contributed by atoms with E-state index in [2.05, 4.69) is 16.7 Å². The molecule has 0 atom stereocenters. The Bertz CT molecular complexity index is 390. The molecule has 0 aliphatic carbocycles. The van der Waals surface area contributed by atoms with Crippen molar-refractivity contribution in [1.82, 2.24) is 5.32 Å². The van der Waals surface area contributed by atoms with E-state index in [0.29, 0.717) is 17.6 Å². The molecule has 1 rings (SSSR count). The lowest BCUT2D eigenvalue weighted by atomic mass is 10.1. The zero-order valence-corrected chi connectivity index (χ0v) is 10.3. The summed E-state index contributed by atoms with van der Waals surface area (Å²) in [5.74, 6) is 0. The molecule has 0 aromatic heterocycles. The quantitative estimate of drug-likeness (QED) is 0.787. The molecular formula is C12H15N3S. The van der Waals surface area contributed by atoms with Crippen LogP contribution in [0.2, 0.25) is 0 Å². The van der Waals surface area contributed by atoms with Crippen molar-refractivity contribution >= 4 is 23.0 Å². The minimum Gasteiger partial charge on any atom is -0.360 e. The van der Waals surface area contributed by atoms with Crippen molar-refractivity contribution in [3.8, 4) is 6.07 Å². The number of anilines is 1. The minimum atomic E-state index is 0.317. The standard InChI is InChI=1S/C12H15N3S/c1-9(2)14-12(16)15-11-5-3-10(4-6-11)7-8-13/h3-6,9H,7H2,1-2H3,(H2,14,15,16). The third-order valence-electron chi connectivity index (χ3n) is 1.91. The van der Waals surface area contributed by atoms with E-state index in [1.807, 2.05) is 38.1 Å². The first-order chi connectivity index (χ1) is 7.61. The lowest BCUT2D eigenvalue weighted by Crippen LogP contribution is -2.33. The zero-order valence-electron chi connectivity index (χ0n) is 9.45. The fraction of sp³-hybridized carbons (Fsp3) is 0.333. The van der Waals surface area contributed by atoms with Crippen LogP contribution in [0.25, 0.3) is 0 Å². The number of nitrogens with zero attached hydrogens (tertiary/aromatic N) is 1. The molecule has 0 aliphatic rings. The SMILES string of the molecule is CC(C)NC(=S)Nc1ccc(CC#N)cc1. The summed E-state index contributed by atoms with van der Waals surface area (Å²) in [5, 5.41) is 15.3. The van der Waals surface area contributed by atoms with Crippen molar-refractivity contribution < 1.29 is 0 Å². The average molecular weight is 233 g/mol. The number of nitriles is 1. The number of rotatable bonds is 3. The van der Waals surface area contributed by atoms with Gasteiger partial charge in [-0.25, -0.2) is 0 Å². The Labute approximate surface area is 101 Å². The van der Waals surface area contributed by atoms with E-state index < -0.39 is 0 Å². The van der Waals surface area contributed by atoms with Gasteiger partial charge in [-0.05, 0) is 43.8 Å². The Morgan fingerprint density at radius 3 is 2.50 bits per heavy atom. The van der Waals surface area contributed by atoms with E-state index in [1.165, 1.54) is 0 Å². The second-order valence-electron chi connectivity index (χ2n) is 3.78. The normalized spacial score (nSPS) is 9.62. The predicted molar refractivity (Wildman–Crippen MR) is 70.3 cm³/mol. The molecule has 1 aromatic carbocycles. The first-order valence-corrected chi connectivity index (χ1v) is 5.56. The van der Waals surface area contributed by atoms with Gasteiger partial charge < -0.3 is 10.6 Å². The summed E-state index contributed by atoms with van der Waals surface area (Å²) in [5.41, 5.74) is 1.94. The molecule has 0 aliphatic heterocycles. The monoisotopic (exact) mass is 233 g/mol. The molecule has 2 N–H and O–H groups in total. The zero-order chi connectivity index (χ0) is 12.0. The average Bonchev–Trinajstić information content (AvgIpc) is 2.20. The number of thiocarbonyl (C=S) groups is 1. The summed E-state index contributed by atoms with van der Waals surface area (Å²) in [6.45, 7) is 4.06. The molecule has 0 saturated carbocycles. The molecule has 0 amide bonds. The van der Waals surface area contributed by atoms with E-state index >= 15 is 0 Å². The molecule has 0 heterocycles. The van der Waals surface area contributed by atoms with E-state index in [9.17, 15) is 0 Å². The Morgan fingerprint density at radius 2 is 2.00 bits per heavy atom. The largest absolute Gasteiger partial charge is 0.360 e. The number of hydrogen-bond donors (Lipinski definition) is 2. The summed E-state index contributed by atoms with van der Waals surface area (Å²) in [6.07, 6.45) is 0.439. The van der Waals surface area contributed by atoms with Gasteiger partial charge in [-0.15, -0.1) is 0 Å². The second-order valence-corrected chi connectivity index (χ2v) is 4.19. The smallest absolute Gasteiger partial charge is 0.170 e. The molecule has 16 heavy (non-hydrogen) atoms. The molecule has 0 spiro atoms. The van der Waals surface area contributed by atoms with Crippen LogP contribution in [0.5, 0.6) is 0 Å². The van der Waals surface area contributed by atoms with Crippen LogP contribution in [0.4, 0.5) is 5.69 Å². The van der Waals surface area contributed by atoms with Gasteiger partial charge in [0.15, 0.2) is 5.11 Å².